The third-order valence-corrected chi connectivity index (χ3v) is 7.49. The van der Waals surface area contributed by atoms with Crippen molar-refractivity contribution in [3.63, 3.8) is 0 Å². The highest BCUT2D eigenvalue weighted by Gasteiger charge is 2.29. The molecule has 0 amide bonds. The molecule has 2 heterocycles. The van der Waals surface area contributed by atoms with Crippen molar-refractivity contribution in [2.75, 3.05) is 65.6 Å². The summed E-state index contributed by atoms with van der Waals surface area (Å²) >= 11 is 0. The number of benzene rings is 2. The normalized spacial score (nSPS) is 20.9. The third kappa shape index (κ3) is 4.17. The lowest BCUT2D eigenvalue weighted by Crippen LogP contribution is -2.50. The van der Waals surface area contributed by atoms with Crippen LogP contribution in [-0.4, -0.2) is 88.1 Å². The zero-order valence-electron chi connectivity index (χ0n) is 15.6. The maximum absolute atomic E-state index is 13.2. The summed E-state index contributed by atoms with van der Waals surface area (Å²) < 4.78 is 33.4. The summed E-state index contributed by atoms with van der Waals surface area (Å²) in [7, 11) is -3.47. The van der Waals surface area contributed by atoms with E-state index in [2.05, 4.69) is 9.80 Å². The molecule has 0 spiro atoms. The van der Waals surface area contributed by atoms with Gasteiger partial charge in [0, 0.05) is 57.7 Å². The zero-order valence-corrected chi connectivity index (χ0v) is 16.4. The lowest BCUT2D eigenvalue weighted by molar-refractivity contribution is 0.0317. The number of ether oxygens (including phenoxy) is 1. The van der Waals surface area contributed by atoms with Crippen molar-refractivity contribution >= 4 is 20.8 Å². The first-order valence-electron chi connectivity index (χ1n) is 9.65. The van der Waals surface area contributed by atoms with Gasteiger partial charge in [0.25, 0.3) is 0 Å². The molecule has 0 unspecified atom stereocenters. The van der Waals surface area contributed by atoms with Gasteiger partial charge in [0.1, 0.15) is 0 Å². The lowest BCUT2D eigenvalue weighted by Gasteiger charge is -2.35. The van der Waals surface area contributed by atoms with Crippen LogP contribution in [0.1, 0.15) is 0 Å². The summed E-state index contributed by atoms with van der Waals surface area (Å²) in [6.07, 6.45) is 0. The summed E-state index contributed by atoms with van der Waals surface area (Å²) in [6, 6.07) is 13.2. The first kappa shape index (κ1) is 18.8. The van der Waals surface area contributed by atoms with Crippen LogP contribution in [0.4, 0.5) is 0 Å². The van der Waals surface area contributed by atoms with Crippen LogP contribution in [0.5, 0.6) is 0 Å². The molecular weight excluding hydrogens is 362 g/mol. The minimum absolute atomic E-state index is 0.419. The number of morpholine rings is 1. The Kier molecular flexibility index (Phi) is 5.75. The Labute approximate surface area is 161 Å². The highest BCUT2D eigenvalue weighted by atomic mass is 32.2. The monoisotopic (exact) mass is 389 g/mol. The van der Waals surface area contributed by atoms with E-state index in [9.17, 15) is 8.42 Å². The molecule has 27 heavy (non-hydrogen) atoms. The number of nitrogens with zero attached hydrogens (tertiary/aromatic N) is 3. The fourth-order valence-electron chi connectivity index (χ4n) is 3.86. The average molecular weight is 390 g/mol. The zero-order chi connectivity index (χ0) is 18.7. The van der Waals surface area contributed by atoms with Gasteiger partial charge in [0.05, 0.1) is 18.1 Å². The van der Waals surface area contributed by atoms with Gasteiger partial charge < -0.3 is 4.74 Å². The minimum Gasteiger partial charge on any atom is -0.379 e. The Morgan fingerprint density at radius 3 is 2.15 bits per heavy atom. The summed E-state index contributed by atoms with van der Waals surface area (Å²) in [6.45, 7) is 8.31. The van der Waals surface area contributed by atoms with Gasteiger partial charge in [0.15, 0.2) is 0 Å². The van der Waals surface area contributed by atoms with Crippen LogP contribution in [0.3, 0.4) is 0 Å². The second-order valence-corrected chi connectivity index (χ2v) is 9.08. The summed E-state index contributed by atoms with van der Waals surface area (Å²) in [5.74, 6) is 0. The van der Waals surface area contributed by atoms with Crippen molar-refractivity contribution < 1.29 is 13.2 Å². The van der Waals surface area contributed by atoms with Crippen LogP contribution in [0.2, 0.25) is 0 Å². The molecule has 2 fully saturated rings. The molecule has 0 aliphatic carbocycles. The molecule has 2 aromatic rings. The Hall–Kier alpha value is -1.51. The van der Waals surface area contributed by atoms with E-state index >= 15 is 0 Å². The van der Waals surface area contributed by atoms with Gasteiger partial charge in [-0.25, -0.2) is 8.42 Å². The van der Waals surface area contributed by atoms with Crippen LogP contribution in [0.15, 0.2) is 47.4 Å². The molecule has 0 saturated carbocycles. The number of rotatable bonds is 5. The Morgan fingerprint density at radius 1 is 0.778 bits per heavy atom. The van der Waals surface area contributed by atoms with Crippen molar-refractivity contribution in [3.8, 4) is 0 Å². The van der Waals surface area contributed by atoms with Gasteiger partial charge >= 0.3 is 0 Å². The van der Waals surface area contributed by atoms with Crippen molar-refractivity contribution in [1.82, 2.24) is 14.1 Å². The summed E-state index contributed by atoms with van der Waals surface area (Å²) in [5.41, 5.74) is 0. The molecule has 2 aliphatic heterocycles. The quantitative estimate of drug-likeness (QED) is 0.775. The molecule has 0 radical (unpaired) electrons. The Balaban J connectivity index is 1.39. The van der Waals surface area contributed by atoms with Gasteiger partial charge in [-0.3, -0.25) is 9.80 Å². The van der Waals surface area contributed by atoms with Gasteiger partial charge in [-0.05, 0) is 11.5 Å². The van der Waals surface area contributed by atoms with Gasteiger partial charge in [-0.2, -0.15) is 4.31 Å². The third-order valence-electron chi connectivity index (χ3n) is 5.53. The molecule has 4 rings (SSSR count). The molecule has 2 aromatic carbocycles. The van der Waals surface area contributed by atoms with Gasteiger partial charge in [-0.1, -0.05) is 36.4 Å². The maximum atomic E-state index is 13.2. The van der Waals surface area contributed by atoms with Gasteiger partial charge in [-0.15, -0.1) is 0 Å². The lowest BCUT2D eigenvalue weighted by atomic mass is 10.1. The van der Waals surface area contributed by atoms with Crippen LogP contribution >= 0.6 is 0 Å². The van der Waals surface area contributed by atoms with Crippen LogP contribution in [-0.2, 0) is 14.8 Å². The van der Waals surface area contributed by atoms with E-state index in [4.69, 9.17) is 4.74 Å². The smallest absolute Gasteiger partial charge is 0.243 e. The Morgan fingerprint density at radius 2 is 1.41 bits per heavy atom. The fraction of sp³-hybridized carbons (Fsp3) is 0.500. The van der Waals surface area contributed by atoms with E-state index in [0.29, 0.717) is 18.0 Å². The Bertz CT molecular complexity index is 868. The number of hydrogen-bond acceptors (Lipinski definition) is 5. The van der Waals surface area contributed by atoms with Crippen LogP contribution < -0.4 is 0 Å². The van der Waals surface area contributed by atoms with E-state index < -0.39 is 10.0 Å². The fourth-order valence-corrected chi connectivity index (χ4v) is 5.50. The first-order valence-corrected chi connectivity index (χ1v) is 11.1. The summed E-state index contributed by atoms with van der Waals surface area (Å²) in [5, 5.41) is 1.76. The van der Waals surface area contributed by atoms with Crippen molar-refractivity contribution in [1.29, 1.82) is 0 Å². The van der Waals surface area contributed by atoms with E-state index in [0.717, 1.165) is 63.3 Å². The predicted octanol–water partition coefficient (Wildman–Crippen LogP) is 1.48. The molecule has 2 saturated heterocycles. The molecular formula is C20H27N3O3S. The molecule has 2 aliphatic rings. The van der Waals surface area contributed by atoms with Crippen molar-refractivity contribution in [2.45, 2.75) is 4.90 Å². The average Bonchev–Trinajstić information content (AvgIpc) is 2.73. The largest absolute Gasteiger partial charge is 0.379 e. The molecule has 0 aromatic heterocycles. The van der Waals surface area contributed by atoms with Crippen molar-refractivity contribution in [3.05, 3.63) is 42.5 Å². The minimum atomic E-state index is -3.47. The topological polar surface area (TPSA) is 53.1 Å². The van der Waals surface area contributed by atoms with Gasteiger partial charge in [0.2, 0.25) is 10.0 Å². The van der Waals surface area contributed by atoms with Crippen LogP contribution in [0, 0.1) is 0 Å². The standard InChI is InChI=1S/C20H27N3O3S/c24-27(25,20-7-3-5-18-4-1-2-6-19(18)20)23-12-10-21(11-13-23)8-9-22-14-16-26-17-15-22/h1-7H,8-17H2. The highest BCUT2D eigenvalue weighted by molar-refractivity contribution is 7.89. The molecule has 146 valence electrons. The number of fused-ring (bicyclic) bond motifs is 1. The SMILES string of the molecule is O=S(=O)(c1cccc2ccccc12)N1CCN(CCN2CCOCC2)CC1. The number of piperazine rings is 1. The first-order chi connectivity index (χ1) is 13.1. The predicted molar refractivity (Wildman–Crippen MR) is 106 cm³/mol. The summed E-state index contributed by atoms with van der Waals surface area (Å²) in [4.78, 5) is 5.20. The highest BCUT2D eigenvalue weighted by Crippen LogP contribution is 2.26. The van der Waals surface area contributed by atoms with Crippen molar-refractivity contribution in [2.24, 2.45) is 0 Å². The second-order valence-electron chi connectivity index (χ2n) is 7.18. The van der Waals surface area contributed by atoms with E-state index in [-0.39, 0.29) is 0 Å². The molecule has 0 bridgehead atoms. The molecule has 7 heteroatoms. The second kappa shape index (κ2) is 8.24. The molecule has 0 atom stereocenters. The number of hydrogen-bond donors (Lipinski definition) is 0. The van der Waals surface area contributed by atoms with E-state index in [1.54, 1.807) is 10.4 Å². The maximum Gasteiger partial charge on any atom is 0.243 e. The van der Waals surface area contributed by atoms with E-state index in [1.165, 1.54) is 0 Å². The van der Waals surface area contributed by atoms with Crippen LogP contribution in [0.25, 0.3) is 10.8 Å². The van der Waals surface area contributed by atoms with E-state index in [1.807, 2.05) is 36.4 Å². The molecule has 0 N–H and O–H groups in total. The number of sulfonamides is 1. The molecule has 6 nitrogen and oxygen atoms in total.